The smallest absolute Gasteiger partial charge is 0.307 e. The number of imide groups is 1. The second-order valence-electron chi connectivity index (χ2n) is 7.94. The van der Waals surface area contributed by atoms with Crippen LogP contribution in [0.4, 0.5) is 5.69 Å². The summed E-state index contributed by atoms with van der Waals surface area (Å²) in [7, 11) is 1.23. The topological polar surface area (TPSA) is 109 Å². The molecule has 2 aromatic rings. The molecule has 9 heteroatoms. The molecule has 0 spiro atoms. The summed E-state index contributed by atoms with van der Waals surface area (Å²) >= 11 is 0. The number of nitrogens with zero attached hydrogens (tertiary/aromatic N) is 2. The van der Waals surface area contributed by atoms with Crippen LogP contribution in [0.15, 0.2) is 53.1 Å². The summed E-state index contributed by atoms with van der Waals surface area (Å²) in [6, 6.07) is 11.4. The molecule has 4 unspecified atom stereocenters. The fourth-order valence-electron chi connectivity index (χ4n) is 5.39. The van der Waals surface area contributed by atoms with Gasteiger partial charge in [-0.15, -0.1) is 0 Å². The van der Waals surface area contributed by atoms with Crippen LogP contribution in [0.3, 0.4) is 0 Å². The van der Waals surface area contributed by atoms with E-state index in [1.54, 1.807) is 47.4 Å². The molecule has 0 saturated carbocycles. The van der Waals surface area contributed by atoms with Gasteiger partial charge in [0.15, 0.2) is 0 Å². The standard InChI is InChI=1S/C22H21N3O6/c1-30-15(26)12-22-17-16(19(27)25(20(17)28)13-6-3-2-4-7-13)18(14-8-5-11-31-14)24(22)10-9-23-21(22)29/h2-8,11,16-18H,9-10,12H2,1H3,(H,23,29). The number of amides is 3. The molecule has 3 aliphatic heterocycles. The number of rotatable bonds is 4. The summed E-state index contributed by atoms with van der Waals surface area (Å²) in [5, 5.41) is 2.79. The van der Waals surface area contributed by atoms with Gasteiger partial charge in [-0.25, -0.2) is 4.90 Å². The number of piperazine rings is 1. The van der Waals surface area contributed by atoms with Crippen molar-refractivity contribution in [2.24, 2.45) is 11.8 Å². The first-order chi connectivity index (χ1) is 15.0. The van der Waals surface area contributed by atoms with Gasteiger partial charge in [-0.1, -0.05) is 18.2 Å². The number of para-hydroxylation sites is 1. The normalized spacial score (nSPS) is 30.2. The molecule has 5 rings (SSSR count). The summed E-state index contributed by atoms with van der Waals surface area (Å²) < 4.78 is 10.5. The molecule has 0 radical (unpaired) electrons. The Morgan fingerprint density at radius 1 is 1.16 bits per heavy atom. The van der Waals surface area contributed by atoms with E-state index in [4.69, 9.17) is 9.15 Å². The largest absolute Gasteiger partial charge is 0.469 e. The van der Waals surface area contributed by atoms with Crippen molar-refractivity contribution in [3.05, 3.63) is 54.5 Å². The Morgan fingerprint density at radius 3 is 2.61 bits per heavy atom. The van der Waals surface area contributed by atoms with Gasteiger partial charge < -0.3 is 14.5 Å². The van der Waals surface area contributed by atoms with E-state index in [0.717, 1.165) is 4.90 Å². The number of ether oxygens (including phenoxy) is 1. The van der Waals surface area contributed by atoms with Crippen LogP contribution in [-0.4, -0.2) is 54.3 Å². The van der Waals surface area contributed by atoms with Crippen LogP contribution >= 0.6 is 0 Å². The number of carbonyl (C=O) groups is 4. The van der Waals surface area contributed by atoms with E-state index < -0.39 is 47.1 Å². The third-order valence-electron chi connectivity index (χ3n) is 6.58. The van der Waals surface area contributed by atoms with Gasteiger partial charge in [-0.2, -0.15) is 0 Å². The highest BCUT2D eigenvalue weighted by Gasteiger charge is 2.73. The van der Waals surface area contributed by atoms with Gasteiger partial charge in [0.2, 0.25) is 17.7 Å². The Hall–Kier alpha value is -3.46. The zero-order valence-electron chi connectivity index (χ0n) is 16.8. The summed E-state index contributed by atoms with van der Waals surface area (Å²) in [5.74, 6) is -3.42. The van der Waals surface area contributed by atoms with E-state index in [-0.39, 0.29) is 6.42 Å². The van der Waals surface area contributed by atoms with E-state index in [0.29, 0.717) is 24.5 Å². The summed E-state index contributed by atoms with van der Waals surface area (Å²) in [5.41, 5.74) is -1.11. The van der Waals surface area contributed by atoms with Crippen molar-refractivity contribution < 1.29 is 28.3 Å². The fourth-order valence-corrected chi connectivity index (χ4v) is 5.39. The fraction of sp³-hybridized carbons (Fsp3) is 0.364. The van der Waals surface area contributed by atoms with Gasteiger partial charge in [0.1, 0.15) is 11.3 Å². The van der Waals surface area contributed by atoms with Crippen LogP contribution in [0.1, 0.15) is 18.2 Å². The molecule has 31 heavy (non-hydrogen) atoms. The number of esters is 1. The Bertz CT molecular complexity index is 1050. The number of carbonyl (C=O) groups excluding carboxylic acids is 4. The molecular weight excluding hydrogens is 402 g/mol. The van der Waals surface area contributed by atoms with Crippen LogP contribution in [0.5, 0.6) is 0 Å². The van der Waals surface area contributed by atoms with Crippen LogP contribution < -0.4 is 10.2 Å². The lowest BCUT2D eigenvalue weighted by atomic mass is 9.76. The van der Waals surface area contributed by atoms with E-state index in [9.17, 15) is 19.2 Å². The summed E-state index contributed by atoms with van der Waals surface area (Å²) in [4.78, 5) is 56.0. The number of anilines is 1. The molecule has 0 aliphatic carbocycles. The maximum absolute atomic E-state index is 13.7. The number of hydrogen-bond acceptors (Lipinski definition) is 7. The van der Waals surface area contributed by atoms with Gasteiger partial charge in [0, 0.05) is 13.1 Å². The molecule has 3 amide bonds. The van der Waals surface area contributed by atoms with Gasteiger partial charge in [-0.05, 0) is 24.3 Å². The molecule has 3 saturated heterocycles. The molecule has 9 nitrogen and oxygen atoms in total. The highest BCUT2D eigenvalue weighted by atomic mass is 16.5. The van der Waals surface area contributed by atoms with Crippen molar-refractivity contribution in [1.82, 2.24) is 10.2 Å². The SMILES string of the molecule is COC(=O)CC12C(=O)NCCN1C(c1ccco1)C1C(=O)N(c3ccccc3)C(=O)C12. The summed E-state index contributed by atoms with van der Waals surface area (Å²) in [6.07, 6.45) is 1.15. The van der Waals surface area contributed by atoms with Crippen LogP contribution in [-0.2, 0) is 23.9 Å². The minimum Gasteiger partial charge on any atom is -0.469 e. The highest BCUT2D eigenvalue weighted by Crippen LogP contribution is 2.57. The molecule has 3 aliphatic rings. The predicted octanol–water partition coefficient (Wildman–Crippen LogP) is 0.874. The zero-order valence-corrected chi connectivity index (χ0v) is 16.8. The first kappa shape index (κ1) is 19.5. The maximum atomic E-state index is 13.7. The van der Waals surface area contributed by atoms with E-state index in [1.807, 2.05) is 0 Å². The van der Waals surface area contributed by atoms with Crippen LogP contribution in [0, 0.1) is 11.8 Å². The minimum atomic E-state index is -1.54. The quantitative estimate of drug-likeness (QED) is 0.574. The second kappa shape index (κ2) is 7.05. The van der Waals surface area contributed by atoms with Crippen molar-refractivity contribution in [2.75, 3.05) is 25.1 Å². The molecule has 1 aromatic heterocycles. The average molecular weight is 423 g/mol. The Balaban J connectivity index is 1.70. The molecular formula is C22H21N3O6. The lowest BCUT2D eigenvalue weighted by molar-refractivity contribution is -0.154. The molecule has 160 valence electrons. The minimum absolute atomic E-state index is 0.336. The van der Waals surface area contributed by atoms with Crippen molar-refractivity contribution in [3.63, 3.8) is 0 Å². The van der Waals surface area contributed by atoms with Crippen molar-refractivity contribution >= 4 is 29.4 Å². The van der Waals surface area contributed by atoms with Crippen LogP contribution in [0.2, 0.25) is 0 Å². The Kier molecular flexibility index (Phi) is 4.44. The van der Waals surface area contributed by atoms with Gasteiger partial charge in [0.05, 0.1) is 43.4 Å². The number of benzene rings is 1. The van der Waals surface area contributed by atoms with Gasteiger partial charge in [0.25, 0.3) is 0 Å². The van der Waals surface area contributed by atoms with E-state index in [1.165, 1.54) is 13.4 Å². The van der Waals surface area contributed by atoms with Gasteiger partial charge >= 0.3 is 5.97 Å². The second-order valence-corrected chi connectivity index (χ2v) is 7.94. The Labute approximate surface area is 177 Å². The van der Waals surface area contributed by atoms with Crippen molar-refractivity contribution in [1.29, 1.82) is 0 Å². The summed E-state index contributed by atoms with van der Waals surface area (Å²) in [6.45, 7) is 0.705. The number of hydrogen-bond donors (Lipinski definition) is 1. The molecule has 3 fully saturated rings. The predicted molar refractivity (Wildman–Crippen MR) is 106 cm³/mol. The van der Waals surface area contributed by atoms with Gasteiger partial charge in [-0.3, -0.25) is 24.1 Å². The van der Waals surface area contributed by atoms with E-state index >= 15 is 0 Å². The maximum Gasteiger partial charge on any atom is 0.307 e. The Morgan fingerprint density at radius 2 is 1.94 bits per heavy atom. The van der Waals surface area contributed by atoms with Crippen molar-refractivity contribution in [3.8, 4) is 0 Å². The zero-order chi connectivity index (χ0) is 21.8. The molecule has 4 heterocycles. The molecule has 1 aromatic carbocycles. The number of nitrogens with one attached hydrogen (secondary N) is 1. The average Bonchev–Trinajstić information content (AvgIpc) is 3.45. The highest BCUT2D eigenvalue weighted by molar-refractivity contribution is 6.24. The third-order valence-corrected chi connectivity index (χ3v) is 6.58. The van der Waals surface area contributed by atoms with Crippen molar-refractivity contribution in [2.45, 2.75) is 18.0 Å². The third kappa shape index (κ3) is 2.59. The first-order valence-electron chi connectivity index (χ1n) is 10.1. The lowest BCUT2D eigenvalue weighted by Crippen LogP contribution is -2.67. The first-order valence-corrected chi connectivity index (χ1v) is 10.1. The number of furan rings is 1. The lowest BCUT2D eigenvalue weighted by Gasteiger charge is -2.44. The number of methoxy groups -OCH3 is 1. The number of fused-ring (bicyclic) bond motifs is 3. The molecule has 1 N–H and O–H groups in total. The van der Waals surface area contributed by atoms with Crippen LogP contribution in [0.25, 0.3) is 0 Å². The monoisotopic (exact) mass is 423 g/mol. The van der Waals surface area contributed by atoms with E-state index in [2.05, 4.69) is 5.32 Å². The molecule has 4 atom stereocenters. The molecule has 0 bridgehead atoms.